The van der Waals surface area contributed by atoms with Crippen LogP contribution in [-0.2, 0) is 0 Å². The Morgan fingerprint density at radius 2 is 1.96 bits per heavy atom. The molecule has 1 heterocycles. The van der Waals surface area contributed by atoms with Gasteiger partial charge in [0, 0.05) is 17.5 Å². The zero-order chi connectivity index (χ0) is 18.0. The molecule has 8 heteroatoms. The van der Waals surface area contributed by atoms with Gasteiger partial charge in [-0.15, -0.1) is 0 Å². The van der Waals surface area contributed by atoms with Gasteiger partial charge >= 0.3 is 6.03 Å². The molecule has 1 fully saturated rings. The van der Waals surface area contributed by atoms with Gasteiger partial charge in [0.25, 0.3) is 0 Å². The molecule has 0 saturated carbocycles. The Balaban J connectivity index is 1.79. The van der Waals surface area contributed by atoms with Crippen molar-refractivity contribution in [1.82, 2.24) is 4.90 Å². The molecule has 2 amide bonds. The monoisotopic (exact) mass is 397 g/mol. The number of nitrogens with zero attached hydrogens (tertiary/aromatic N) is 2. The lowest BCUT2D eigenvalue weighted by Crippen LogP contribution is -2.36. The van der Waals surface area contributed by atoms with Crippen molar-refractivity contribution in [3.63, 3.8) is 0 Å². The molecule has 1 aliphatic heterocycles. The Bertz CT molecular complexity index is 829. The Hall–Kier alpha value is -1.76. The quantitative estimate of drug-likeness (QED) is 0.696. The summed E-state index contributed by atoms with van der Waals surface area (Å²) in [5, 5.41) is 4.35. The standard InChI is InChI=1S/C17H14Cl2FN3OS/c1-10-9-23(16(24)21-13-6-7-14(18)15(19)8-13)17(25-10)22-12-4-2-11(20)3-5-12/h2-8,10H,9H2,1H3,(H,21,24)/b22-17-. The van der Waals surface area contributed by atoms with E-state index in [1.165, 1.54) is 23.9 Å². The van der Waals surface area contributed by atoms with Crippen LogP contribution in [0.5, 0.6) is 0 Å². The number of hydrogen-bond donors (Lipinski definition) is 1. The van der Waals surface area contributed by atoms with E-state index in [0.717, 1.165) is 0 Å². The van der Waals surface area contributed by atoms with Gasteiger partial charge in [-0.3, -0.25) is 4.90 Å². The van der Waals surface area contributed by atoms with Crippen LogP contribution in [0.1, 0.15) is 6.92 Å². The molecule has 1 atom stereocenters. The lowest BCUT2D eigenvalue weighted by Gasteiger charge is -2.17. The summed E-state index contributed by atoms with van der Waals surface area (Å²) in [4.78, 5) is 18.6. The van der Waals surface area contributed by atoms with Gasteiger partial charge in [0.15, 0.2) is 5.17 Å². The maximum Gasteiger partial charge on any atom is 0.327 e. The lowest BCUT2D eigenvalue weighted by atomic mass is 10.3. The number of hydrogen-bond acceptors (Lipinski definition) is 3. The van der Waals surface area contributed by atoms with Crippen LogP contribution in [0.15, 0.2) is 47.5 Å². The van der Waals surface area contributed by atoms with Crippen molar-refractivity contribution >= 4 is 57.5 Å². The first-order valence-electron chi connectivity index (χ1n) is 7.47. The fourth-order valence-corrected chi connectivity index (χ4v) is 3.59. The number of rotatable bonds is 2. The highest BCUT2D eigenvalue weighted by atomic mass is 35.5. The predicted molar refractivity (Wildman–Crippen MR) is 103 cm³/mol. The van der Waals surface area contributed by atoms with E-state index in [1.807, 2.05) is 6.92 Å². The topological polar surface area (TPSA) is 44.7 Å². The summed E-state index contributed by atoms with van der Waals surface area (Å²) < 4.78 is 13.0. The summed E-state index contributed by atoms with van der Waals surface area (Å²) in [5.41, 5.74) is 1.13. The van der Waals surface area contributed by atoms with Crippen LogP contribution < -0.4 is 5.32 Å². The minimum atomic E-state index is -0.328. The Morgan fingerprint density at radius 1 is 1.24 bits per heavy atom. The maximum absolute atomic E-state index is 13.0. The lowest BCUT2D eigenvalue weighted by molar-refractivity contribution is 0.235. The van der Waals surface area contributed by atoms with Gasteiger partial charge in [-0.05, 0) is 42.5 Å². The largest absolute Gasteiger partial charge is 0.327 e. The van der Waals surface area contributed by atoms with Crippen molar-refractivity contribution in [3.8, 4) is 0 Å². The Morgan fingerprint density at radius 3 is 2.64 bits per heavy atom. The molecule has 3 rings (SSSR count). The molecule has 1 saturated heterocycles. The second-order valence-electron chi connectivity index (χ2n) is 5.47. The van der Waals surface area contributed by atoms with E-state index < -0.39 is 0 Å². The zero-order valence-corrected chi connectivity index (χ0v) is 15.5. The summed E-state index contributed by atoms with van der Waals surface area (Å²) >= 11 is 13.3. The third kappa shape index (κ3) is 4.45. The molecule has 0 radical (unpaired) electrons. The van der Waals surface area contributed by atoms with Gasteiger partial charge in [-0.1, -0.05) is 41.9 Å². The normalized spacial score (nSPS) is 18.6. The number of amides is 2. The van der Waals surface area contributed by atoms with Crippen LogP contribution in [-0.4, -0.2) is 27.9 Å². The minimum absolute atomic E-state index is 0.207. The number of amidine groups is 1. The predicted octanol–water partition coefficient (Wildman–Crippen LogP) is 5.79. The summed E-state index contributed by atoms with van der Waals surface area (Å²) in [7, 11) is 0. The van der Waals surface area contributed by atoms with Gasteiger partial charge in [0.05, 0.1) is 15.7 Å². The van der Waals surface area contributed by atoms with E-state index in [0.29, 0.717) is 33.1 Å². The van der Waals surface area contributed by atoms with Crippen molar-refractivity contribution in [2.24, 2.45) is 4.99 Å². The molecule has 0 aromatic heterocycles. The SMILES string of the molecule is CC1CN(C(=O)Nc2ccc(Cl)c(Cl)c2)/C(=N/c2ccc(F)cc2)S1. The molecule has 2 aromatic rings. The number of aliphatic imine (C=N–C) groups is 1. The number of nitrogens with one attached hydrogen (secondary N) is 1. The molecular weight excluding hydrogens is 384 g/mol. The molecule has 0 bridgehead atoms. The molecule has 1 N–H and O–H groups in total. The molecule has 0 aliphatic carbocycles. The highest BCUT2D eigenvalue weighted by Gasteiger charge is 2.31. The number of halogens is 3. The molecule has 0 spiro atoms. The average Bonchev–Trinajstić information content (AvgIpc) is 2.94. The van der Waals surface area contributed by atoms with Crippen LogP contribution >= 0.6 is 35.0 Å². The van der Waals surface area contributed by atoms with Crippen molar-refractivity contribution in [2.75, 3.05) is 11.9 Å². The fraction of sp³-hybridized carbons (Fsp3) is 0.176. The molecule has 4 nitrogen and oxygen atoms in total. The molecule has 1 aliphatic rings. The van der Waals surface area contributed by atoms with Gasteiger partial charge in [-0.25, -0.2) is 14.2 Å². The van der Waals surface area contributed by atoms with Gasteiger partial charge < -0.3 is 5.32 Å². The summed E-state index contributed by atoms with van der Waals surface area (Å²) in [6.45, 7) is 2.54. The number of urea groups is 1. The van der Waals surface area contributed by atoms with Crippen molar-refractivity contribution < 1.29 is 9.18 Å². The van der Waals surface area contributed by atoms with Gasteiger partial charge in [0.1, 0.15) is 5.82 Å². The highest BCUT2D eigenvalue weighted by Crippen LogP contribution is 2.30. The van der Waals surface area contributed by atoms with Crippen molar-refractivity contribution in [1.29, 1.82) is 0 Å². The number of thioether (sulfide) groups is 1. The van der Waals surface area contributed by atoms with Crippen molar-refractivity contribution in [3.05, 3.63) is 58.3 Å². The second kappa shape index (κ2) is 7.64. The number of benzene rings is 2. The zero-order valence-electron chi connectivity index (χ0n) is 13.2. The minimum Gasteiger partial charge on any atom is -0.307 e. The summed E-state index contributed by atoms with van der Waals surface area (Å²) in [6.07, 6.45) is 0. The summed E-state index contributed by atoms with van der Waals surface area (Å²) in [6, 6.07) is 10.4. The number of carbonyl (C=O) groups excluding carboxylic acids is 1. The van der Waals surface area contributed by atoms with Crippen LogP contribution in [0.25, 0.3) is 0 Å². The molecular formula is C17H14Cl2FN3OS. The maximum atomic E-state index is 13.0. The Labute approximate surface area is 159 Å². The molecule has 1 unspecified atom stereocenters. The van der Waals surface area contributed by atoms with E-state index >= 15 is 0 Å². The number of carbonyl (C=O) groups is 1. The summed E-state index contributed by atoms with van der Waals surface area (Å²) in [5.74, 6) is -0.328. The average molecular weight is 398 g/mol. The van der Waals surface area contributed by atoms with E-state index in [-0.39, 0.29) is 17.1 Å². The fourth-order valence-electron chi connectivity index (χ4n) is 2.26. The molecule has 130 valence electrons. The Kier molecular flexibility index (Phi) is 5.51. The third-order valence-corrected chi connectivity index (χ3v) is 5.26. The first-order valence-corrected chi connectivity index (χ1v) is 9.10. The van der Waals surface area contributed by atoms with Crippen LogP contribution in [0, 0.1) is 5.82 Å². The van der Waals surface area contributed by atoms with E-state index in [4.69, 9.17) is 23.2 Å². The molecule has 2 aromatic carbocycles. The van der Waals surface area contributed by atoms with Crippen molar-refractivity contribution in [2.45, 2.75) is 12.2 Å². The smallest absolute Gasteiger partial charge is 0.307 e. The first kappa shape index (κ1) is 18.0. The van der Waals surface area contributed by atoms with E-state index in [9.17, 15) is 9.18 Å². The van der Waals surface area contributed by atoms with Crippen LogP contribution in [0.2, 0.25) is 10.0 Å². The van der Waals surface area contributed by atoms with Crippen LogP contribution in [0.3, 0.4) is 0 Å². The van der Waals surface area contributed by atoms with E-state index in [2.05, 4.69) is 10.3 Å². The van der Waals surface area contributed by atoms with E-state index in [1.54, 1.807) is 35.2 Å². The number of anilines is 1. The second-order valence-corrected chi connectivity index (χ2v) is 7.69. The van der Waals surface area contributed by atoms with Gasteiger partial charge in [-0.2, -0.15) is 0 Å². The third-order valence-electron chi connectivity index (χ3n) is 3.44. The van der Waals surface area contributed by atoms with Crippen LogP contribution in [0.4, 0.5) is 20.6 Å². The molecule has 25 heavy (non-hydrogen) atoms. The highest BCUT2D eigenvalue weighted by molar-refractivity contribution is 8.14. The van der Waals surface area contributed by atoms with Gasteiger partial charge in [0.2, 0.25) is 0 Å². The first-order chi connectivity index (χ1) is 11.9.